The third kappa shape index (κ3) is 4.59. The number of aromatic nitrogens is 2. The second-order valence-electron chi connectivity index (χ2n) is 6.78. The quantitative estimate of drug-likeness (QED) is 0.577. The number of aryl methyl sites for hydroxylation is 2. The summed E-state index contributed by atoms with van der Waals surface area (Å²) in [7, 11) is 1.88. The zero-order valence-electron chi connectivity index (χ0n) is 16.4. The minimum Gasteiger partial charge on any atom is -0.322 e. The Morgan fingerprint density at radius 1 is 1.07 bits per heavy atom. The molecule has 0 aliphatic carbocycles. The number of carbonyl (C=O) groups excluding carboxylic acids is 1. The monoisotopic (exact) mass is 413 g/mol. The van der Waals surface area contributed by atoms with Gasteiger partial charge in [0.15, 0.2) is 0 Å². The Balaban J connectivity index is 1.81. The van der Waals surface area contributed by atoms with Gasteiger partial charge < -0.3 is 5.32 Å². The topological polar surface area (TPSA) is 46.9 Å². The maximum Gasteiger partial charge on any atom is 0.237 e. The van der Waals surface area contributed by atoms with Gasteiger partial charge >= 0.3 is 0 Å². The molecule has 2 unspecified atom stereocenters. The van der Waals surface area contributed by atoms with Crippen LogP contribution in [0.3, 0.4) is 0 Å². The van der Waals surface area contributed by atoms with Crippen molar-refractivity contribution in [2.45, 2.75) is 31.3 Å². The molecule has 1 amide bonds. The Labute approximate surface area is 175 Å². The molecule has 3 aromatic rings. The lowest BCUT2D eigenvalue weighted by Gasteiger charge is -2.22. The molecule has 1 N–H and O–H groups in total. The first-order valence-electron chi connectivity index (χ1n) is 9.13. The molecule has 0 aliphatic rings. The van der Waals surface area contributed by atoms with Crippen LogP contribution in [0.4, 0.5) is 5.69 Å². The number of thioether (sulfide) groups is 1. The lowest BCUT2D eigenvalue weighted by molar-refractivity contribution is -0.115. The molecular formula is C22H24ClN3OS. The molecule has 4 nitrogen and oxygen atoms in total. The molecule has 0 fully saturated rings. The van der Waals surface area contributed by atoms with E-state index in [0.717, 1.165) is 28.2 Å². The SMILES string of the molecule is Cc1nn(C)c(C)c1NC(=O)C(C)SC(c1ccccc1)c1ccc(Cl)cc1. The normalized spacial score (nSPS) is 13.2. The average Bonchev–Trinajstić information content (AvgIpc) is 2.93. The Bertz CT molecular complexity index is 954. The van der Waals surface area contributed by atoms with Crippen LogP contribution in [0.1, 0.15) is 34.7 Å². The molecule has 146 valence electrons. The van der Waals surface area contributed by atoms with Crippen LogP contribution in [0, 0.1) is 13.8 Å². The molecule has 2 atom stereocenters. The largest absolute Gasteiger partial charge is 0.322 e. The van der Waals surface area contributed by atoms with Gasteiger partial charge in [0.2, 0.25) is 5.91 Å². The number of nitrogens with zero attached hydrogens (tertiary/aromatic N) is 2. The second kappa shape index (κ2) is 8.84. The van der Waals surface area contributed by atoms with Crippen molar-refractivity contribution in [3.05, 3.63) is 82.1 Å². The highest BCUT2D eigenvalue weighted by Gasteiger charge is 2.24. The van der Waals surface area contributed by atoms with Gasteiger partial charge in [0.1, 0.15) is 0 Å². The third-order valence-corrected chi connectivity index (χ3v) is 6.43. The summed E-state index contributed by atoms with van der Waals surface area (Å²) in [5.41, 5.74) is 4.84. The van der Waals surface area contributed by atoms with Crippen molar-refractivity contribution in [1.82, 2.24) is 9.78 Å². The summed E-state index contributed by atoms with van der Waals surface area (Å²) in [6, 6.07) is 18.0. The summed E-state index contributed by atoms with van der Waals surface area (Å²) in [6.45, 7) is 5.79. The maximum atomic E-state index is 12.9. The van der Waals surface area contributed by atoms with E-state index in [1.807, 2.05) is 70.3 Å². The number of halogens is 1. The van der Waals surface area contributed by atoms with Crippen LogP contribution in [0.2, 0.25) is 5.02 Å². The van der Waals surface area contributed by atoms with Gasteiger partial charge in [-0.25, -0.2) is 0 Å². The molecule has 1 heterocycles. The number of anilines is 1. The van der Waals surface area contributed by atoms with Crippen LogP contribution >= 0.6 is 23.4 Å². The maximum absolute atomic E-state index is 12.9. The smallest absolute Gasteiger partial charge is 0.237 e. The van der Waals surface area contributed by atoms with Crippen molar-refractivity contribution >= 4 is 35.0 Å². The molecule has 0 aliphatic heterocycles. The van der Waals surface area contributed by atoms with E-state index >= 15 is 0 Å². The fourth-order valence-electron chi connectivity index (χ4n) is 3.06. The second-order valence-corrected chi connectivity index (χ2v) is 8.67. The number of hydrogen-bond donors (Lipinski definition) is 1. The summed E-state index contributed by atoms with van der Waals surface area (Å²) in [4.78, 5) is 12.9. The van der Waals surface area contributed by atoms with Crippen molar-refractivity contribution in [3.8, 4) is 0 Å². The summed E-state index contributed by atoms with van der Waals surface area (Å²) < 4.78 is 1.78. The molecule has 28 heavy (non-hydrogen) atoms. The van der Waals surface area contributed by atoms with Crippen LogP contribution in [-0.2, 0) is 11.8 Å². The highest BCUT2D eigenvalue weighted by Crippen LogP contribution is 2.39. The van der Waals surface area contributed by atoms with Gasteiger partial charge in [0.05, 0.1) is 27.6 Å². The summed E-state index contributed by atoms with van der Waals surface area (Å²) in [5, 5.41) is 7.91. The predicted octanol–water partition coefficient (Wildman–Crippen LogP) is 5.54. The van der Waals surface area contributed by atoms with E-state index in [4.69, 9.17) is 11.6 Å². The molecule has 2 aromatic carbocycles. The molecule has 0 saturated heterocycles. The fourth-order valence-corrected chi connectivity index (χ4v) is 4.41. The molecule has 0 saturated carbocycles. The van der Waals surface area contributed by atoms with E-state index in [-0.39, 0.29) is 16.4 Å². The van der Waals surface area contributed by atoms with Crippen molar-refractivity contribution in [2.75, 3.05) is 5.32 Å². The van der Waals surface area contributed by atoms with Crippen LogP contribution in [0.25, 0.3) is 0 Å². The van der Waals surface area contributed by atoms with Crippen molar-refractivity contribution in [2.24, 2.45) is 7.05 Å². The van der Waals surface area contributed by atoms with E-state index in [9.17, 15) is 4.79 Å². The Morgan fingerprint density at radius 3 is 2.25 bits per heavy atom. The summed E-state index contributed by atoms with van der Waals surface area (Å²) in [6.07, 6.45) is 0. The lowest BCUT2D eigenvalue weighted by Crippen LogP contribution is -2.24. The van der Waals surface area contributed by atoms with Gasteiger partial charge in [-0.05, 0) is 44.0 Å². The number of benzene rings is 2. The van der Waals surface area contributed by atoms with Crippen LogP contribution in [-0.4, -0.2) is 20.9 Å². The van der Waals surface area contributed by atoms with Gasteiger partial charge in [-0.1, -0.05) is 54.1 Å². The molecule has 0 radical (unpaired) electrons. The minimum atomic E-state index is -0.250. The Morgan fingerprint density at radius 2 is 1.68 bits per heavy atom. The molecule has 1 aromatic heterocycles. The van der Waals surface area contributed by atoms with Gasteiger partial charge in [0, 0.05) is 12.1 Å². The van der Waals surface area contributed by atoms with E-state index in [1.54, 1.807) is 16.4 Å². The Hall–Kier alpha value is -2.24. The Kier molecular flexibility index (Phi) is 6.47. The van der Waals surface area contributed by atoms with Crippen molar-refractivity contribution in [3.63, 3.8) is 0 Å². The third-order valence-electron chi connectivity index (χ3n) is 4.74. The highest BCUT2D eigenvalue weighted by atomic mass is 35.5. The fraction of sp³-hybridized carbons (Fsp3) is 0.273. The number of amides is 1. The first kappa shape index (κ1) is 20.5. The van der Waals surface area contributed by atoms with E-state index in [2.05, 4.69) is 22.5 Å². The number of hydrogen-bond acceptors (Lipinski definition) is 3. The van der Waals surface area contributed by atoms with Gasteiger partial charge in [-0.15, -0.1) is 11.8 Å². The summed E-state index contributed by atoms with van der Waals surface area (Å²) >= 11 is 7.68. The predicted molar refractivity (Wildman–Crippen MR) is 118 cm³/mol. The van der Waals surface area contributed by atoms with E-state index < -0.39 is 0 Å². The average molecular weight is 414 g/mol. The highest BCUT2D eigenvalue weighted by molar-refractivity contribution is 8.01. The number of nitrogens with one attached hydrogen (secondary N) is 1. The molecule has 0 bridgehead atoms. The zero-order valence-corrected chi connectivity index (χ0v) is 18.0. The van der Waals surface area contributed by atoms with E-state index in [1.165, 1.54) is 0 Å². The van der Waals surface area contributed by atoms with Crippen molar-refractivity contribution < 1.29 is 4.79 Å². The first-order valence-corrected chi connectivity index (χ1v) is 10.5. The number of carbonyl (C=O) groups is 1. The van der Waals surface area contributed by atoms with E-state index in [0.29, 0.717) is 5.02 Å². The molecule has 6 heteroatoms. The van der Waals surface area contributed by atoms with Crippen LogP contribution in [0.15, 0.2) is 54.6 Å². The minimum absolute atomic E-state index is 0.0286. The van der Waals surface area contributed by atoms with Gasteiger partial charge in [0.25, 0.3) is 0 Å². The number of rotatable bonds is 6. The van der Waals surface area contributed by atoms with Crippen molar-refractivity contribution in [1.29, 1.82) is 0 Å². The molecular weight excluding hydrogens is 390 g/mol. The first-order chi connectivity index (χ1) is 13.4. The summed E-state index contributed by atoms with van der Waals surface area (Å²) in [5.74, 6) is -0.0286. The molecule has 3 rings (SSSR count). The van der Waals surface area contributed by atoms with Crippen LogP contribution in [0.5, 0.6) is 0 Å². The van der Waals surface area contributed by atoms with Gasteiger partial charge in [-0.2, -0.15) is 5.10 Å². The zero-order chi connectivity index (χ0) is 20.3. The van der Waals surface area contributed by atoms with Crippen LogP contribution < -0.4 is 5.32 Å². The standard InChI is InChI=1S/C22H24ClN3OS/c1-14-20(15(2)26(4)25-14)24-22(27)16(3)28-21(17-8-6-5-7-9-17)18-10-12-19(23)13-11-18/h5-13,16,21H,1-4H3,(H,24,27). The van der Waals surface area contributed by atoms with Gasteiger partial charge in [-0.3, -0.25) is 9.48 Å². The molecule has 0 spiro atoms. The lowest BCUT2D eigenvalue weighted by atomic mass is 10.0.